The van der Waals surface area contributed by atoms with Crippen LogP contribution in [0.1, 0.15) is 6.42 Å². The maximum atomic E-state index is 12.5. The van der Waals surface area contributed by atoms with Gasteiger partial charge in [0.05, 0.1) is 5.02 Å². The fraction of sp³-hybridized carbons (Fsp3) is 0.455. The fourth-order valence-electron chi connectivity index (χ4n) is 1.98. The summed E-state index contributed by atoms with van der Waals surface area (Å²) in [7, 11) is -1.94. The number of hydrogen-bond acceptors (Lipinski definition) is 3. The zero-order valence-electron chi connectivity index (χ0n) is 10.3. The van der Waals surface area contributed by atoms with Gasteiger partial charge in [-0.15, -0.1) is 12.4 Å². The van der Waals surface area contributed by atoms with Crippen LogP contribution in [0.2, 0.25) is 5.02 Å². The molecule has 0 spiro atoms. The summed E-state index contributed by atoms with van der Waals surface area (Å²) in [5.74, 6) is 0. The van der Waals surface area contributed by atoms with E-state index in [9.17, 15) is 8.42 Å². The lowest BCUT2D eigenvalue weighted by Gasteiger charge is -2.23. The Morgan fingerprint density at radius 2 is 2.16 bits per heavy atom. The van der Waals surface area contributed by atoms with E-state index in [0.29, 0.717) is 11.0 Å². The van der Waals surface area contributed by atoms with Crippen LogP contribution in [0.3, 0.4) is 0 Å². The van der Waals surface area contributed by atoms with E-state index in [2.05, 4.69) is 21.2 Å². The summed E-state index contributed by atoms with van der Waals surface area (Å²) < 4.78 is 27.1. The van der Waals surface area contributed by atoms with Gasteiger partial charge in [-0.25, -0.2) is 8.42 Å². The smallest absolute Gasteiger partial charge is 0.244 e. The zero-order chi connectivity index (χ0) is 13.3. The van der Waals surface area contributed by atoms with E-state index in [1.807, 2.05) is 0 Å². The number of sulfonamides is 1. The van der Waals surface area contributed by atoms with E-state index in [4.69, 9.17) is 11.6 Å². The average Bonchev–Trinajstić information content (AvgIpc) is 2.84. The Hall–Kier alpha value is 0.150. The van der Waals surface area contributed by atoms with Crippen LogP contribution >= 0.6 is 39.9 Å². The highest BCUT2D eigenvalue weighted by molar-refractivity contribution is 9.10. The molecule has 0 saturated carbocycles. The highest BCUT2D eigenvalue weighted by Gasteiger charge is 2.31. The lowest BCUT2D eigenvalue weighted by atomic mass is 10.3. The first kappa shape index (κ1) is 17.2. The predicted molar refractivity (Wildman–Crippen MR) is 82.6 cm³/mol. The number of likely N-dealkylation sites (N-methyl/N-ethyl adjacent to an activating group) is 1. The second kappa shape index (κ2) is 6.74. The van der Waals surface area contributed by atoms with E-state index >= 15 is 0 Å². The molecule has 2 rings (SSSR count). The highest BCUT2D eigenvalue weighted by atomic mass is 79.9. The van der Waals surface area contributed by atoms with Crippen molar-refractivity contribution < 1.29 is 8.42 Å². The van der Waals surface area contributed by atoms with Crippen LogP contribution in [0.5, 0.6) is 0 Å². The summed E-state index contributed by atoms with van der Waals surface area (Å²) in [5.41, 5.74) is 0. The number of halogens is 3. The molecule has 1 aliphatic heterocycles. The molecule has 0 bridgehead atoms. The third-order valence-corrected chi connectivity index (χ3v) is 5.98. The number of rotatable bonds is 3. The van der Waals surface area contributed by atoms with Gasteiger partial charge < -0.3 is 5.32 Å². The van der Waals surface area contributed by atoms with Crippen molar-refractivity contribution in [2.45, 2.75) is 17.4 Å². The van der Waals surface area contributed by atoms with Gasteiger partial charge in [-0.2, -0.15) is 4.31 Å². The van der Waals surface area contributed by atoms with Gasteiger partial charge >= 0.3 is 0 Å². The fourth-order valence-corrected chi connectivity index (χ4v) is 4.37. The van der Waals surface area contributed by atoms with Crippen LogP contribution in [-0.4, -0.2) is 38.9 Å². The number of nitrogens with one attached hydrogen (secondary N) is 1. The summed E-state index contributed by atoms with van der Waals surface area (Å²) in [5, 5.41) is 3.40. The van der Waals surface area contributed by atoms with E-state index in [-0.39, 0.29) is 28.4 Å². The van der Waals surface area contributed by atoms with Crippen molar-refractivity contribution in [1.82, 2.24) is 9.62 Å². The van der Waals surface area contributed by atoms with Crippen LogP contribution in [0.25, 0.3) is 0 Å². The van der Waals surface area contributed by atoms with Crippen LogP contribution in [0.4, 0.5) is 0 Å². The molecule has 1 atom stereocenters. The van der Waals surface area contributed by atoms with Crippen molar-refractivity contribution in [1.29, 1.82) is 0 Å². The van der Waals surface area contributed by atoms with Gasteiger partial charge in [0.1, 0.15) is 4.90 Å². The highest BCUT2D eigenvalue weighted by Crippen LogP contribution is 2.28. The molecule has 0 aliphatic carbocycles. The summed E-state index contributed by atoms with van der Waals surface area (Å²) in [6, 6.07) is 4.83. The normalized spacial score (nSPS) is 19.5. The quantitative estimate of drug-likeness (QED) is 0.863. The first-order valence-electron chi connectivity index (χ1n) is 5.57. The molecule has 8 heteroatoms. The zero-order valence-corrected chi connectivity index (χ0v) is 14.2. The third kappa shape index (κ3) is 3.62. The van der Waals surface area contributed by atoms with E-state index in [0.717, 1.165) is 13.0 Å². The summed E-state index contributed by atoms with van der Waals surface area (Å²) in [6.07, 6.45) is 0.821. The maximum absolute atomic E-state index is 12.5. The maximum Gasteiger partial charge on any atom is 0.244 e. The molecule has 1 heterocycles. The van der Waals surface area contributed by atoms with Crippen molar-refractivity contribution in [3.8, 4) is 0 Å². The lowest BCUT2D eigenvalue weighted by Crippen LogP contribution is -2.38. The van der Waals surface area contributed by atoms with E-state index in [1.54, 1.807) is 19.2 Å². The Kier molecular flexibility index (Phi) is 6.10. The van der Waals surface area contributed by atoms with Crippen molar-refractivity contribution in [3.05, 3.63) is 27.7 Å². The van der Waals surface area contributed by atoms with E-state index in [1.165, 1.54) is 10.4 Å². The molecule has 1 aliphatic rings. The standard InChI is InChI=1S/C11H14BrClN2O2S.ClH/c1-15(9-4-5-14-7-9)18(16,17)11-6-8(12)2-3-10(11)13;/h2-3,6,9,14H,4-5,7H2,1H3;1H. The molecule has 0 radical (unpaired) electrons. The largest absolute Gasteiger partial charge is 0.315 e. The molecule has 1 fully saturated rings. The van der Waals surface area contributed by atoms with Gasteiger partial charge in [0, 0.05) is 24.1 Å². The lowest BCUT2D eigenvalue weighted by molar-refractivity contribution is 0.388. The first-order chi connectivity index (χ1) is 8.43. The number of hydrogen-bond donors (Lipinski definition) is 1. The number of nitrogens with zero attached hydrogens (tertiary/aromatic N) is 1. The SMILES string of the molecule is CN(C1CCNC1)S(=O)(=O)c1cc(Br)ccc1Cl.Cl. The van der Waals surface area contributed by atoms with Crippen molar-refractivity contribution >= 4 is 50.0 Å². The minimum atomic E-state index is -3.54. The molecule has 108 valence electrons. The third-order valence-electron chi connectivity index (χ3n) is 3.10. The summed E-state index contributed by atoms with van der Waals surface area (Å²) in [4.78, 5) is 0.146. The van der Waals surface area contributed by atoms with Gasteiger partial charge in [0.15, 0.2) is 0 Å². The average molecular weight is 390 g/mol. The topological polar surface area (TPSA) is 49.4 Å². The van der Waals surface area contributed by atoms with Crippen LogP contribution in [-0.2, 0) is 10.0 Å². The molecule has 1 saturated heterocycles. The van der Waals surface area contributed by atoms with Gasteiger partial charge in [0.2, 0.25) is 10.0 Å². The minimum Gasteiger partial charge on any atom is -0.315 e. The van der Waals surface area contributed by atoms with Crippen molar-refractivity contribution in [3.63, 3.8) is 0 Å². The van der Waals surface area contributed by atoms with Crippen molar-refractivity contribution in [2.24, 2.45) is 0 Å². The number of benzene rings is 1. The van der Waals surface area contributed by atoms with Gasteiger partial charge in [-0.1, -0.05) is 27.5 Å². The Labute approximate surface area is 133 Å². The van der Waals surface area contributed by atoms with Crippen LogP contribution < -0.4 is 5.32 Å². The Morgan fingerprint density at radius 1 is 1.47 bits per heavy atom. The Balaban J connectivity index is 0.00000180. The van der Waals surface area contributed by atoms with Crippen molar-refractivity contribution in [2.75, 3.05) is 20.1 Å². The second-order valence-electron chi connectivity index (χ2n) is 4.24. The molecule has 1 N–H and O–H groups in total. The molecule has 1 unspecified atom stereocenters. The molecule has 19 heavy (non-hydrogen) atoms. The molecule has 1 aromatic rings. The Morgan fingerprint density at radius 3 is 2.74 bits per heavy atom. The molecule has 0 aromatic heterocycles. The van der Waals surface area contributed by atoms with Crippen LogP contribution in [0.15, 0.2) is 27.6 Å². The molecule has 0 amide bonds. The van der Waals surface area contributed by atoms with E-state index < -0.39 is 10.0 Å². The summed E-state index contributed by atoms with van der Waals surface area (Å²) >= 11 is 9.26. The molecular formula is C11H15BrCl2N2O2S. The molecular weight excluding hydrogens is 375 g/mol. The van der Waals surface area contributed by atoms with Gasteiger partial charge in [-0.3, -0.25) is 0 Å². The monoisotopic (exact) mass is 388 g/mol. The Bertz CT molecular complexity index is 548. The second-order valence-corrected chi connectivity index (χ2v) is 7.53. The van der Waals surface area contributed by atoms with Gasteiger partial charge in [-0.05, 0) is 31.2 Å². The first-order valence-corrected chi connectivity index (χ1v) is 8.18. The van der Waals surface area contributed by atoms with Gasteiger partial charge in [0.25, 0.3) is 0 Å². The summed E-state index contributed by atoms with van der Waals surface area (Å²) in [6.45, 7) is 1.53. The van der Waals surface area contributed by atoms with Crippen LogP contribution in [0, 0.1) is 0 Å². The predicted octanol–water partition coefficient (Wildman–Crippen LogP) is 2.51. The molecule has 1 aromatic carbocycles. The minimum absolute atomic E-state index is 0. The molecule has 4 nitrogen and oxygen atoms in total.